The van der Waals surface area contributed by atoms with E-state index < -0.39 is 0 Å². The fraction of sp³-hybridized carbons (Fsp3) is 0.238. The summed E-state index contributed by atoms with van der Waals surface area (Å²) in [5.74, 6) is 2.36. The molecule has 0 amide bonds. The van der Waals surface area contributed by atoms with Gasteiger partial charge in [0.05, 0.1) is 0 Å². The Labute approximate surface area is 169 Å². The molecule has 0 N–H and O–H groups in total. The smallest absolute Gasteiger partial charge is 0.191 e. The van der Waals surface area contributed by atoms with Crippen molar-refractivity contribution in [1.82, 2.24) is 14.8 Å². The van der Waals surface area contributed by atoms with Crippen LogP contribution in [0.4, 0.5) is 0 Å². The zero-order valence-electron chi connectivity index (χ0n) is 15.4. The van der Waals surface area contributed by atoms with Crippen molar-refractivity contribution in [3.63, 3.8) is 0 Å². The predicted molar refractivity (Wildman–Crippen MR) is 111 cm³/mol. The summed E-state index contributed by atoms with van der Waals surface area (Å²) >= 11 is 7.69. The molecule has 3 aromatic rings. The van der Waals surface area contributed by atoms with E-state index in [1.165, 1.54) is 5.56 Å². The fourth-order valence-electron chi connectivity index (χ4n) is 2.66. The fourth-order valence-corrected chi connectivity index (χ4v) is 3.77. The quantitative estimate of drug-likeness (QED) is 0.351. The van der Waals surface area contributed by atoms with Gasteiger partial charge in [-0.1, -0.05) is 59.3 Å². The van der Waals surface area contributed by atoms with E-state index in [0.29, 0.717) is 6.54 Å². The minimum Gasteiger partial charge on any atom is -0.483 e. The number of allylic oxidation sites excluding steroid dienone is 1. The molecule has 1 unspecified atom stereocenters. The van der Waals surface area contributed by atoms with E-state index in [0.717, 1.165) is 33.1 Å². The Balaban J connectivity index is 1.75. The standard InChI is InChI=1S/C21H22ClN3OS/c1-4-12-25-20(16(3)26-19-10-8-15(2)9-11-19)23-24-21(25)27-14-17-6-5-7-18(22)13-17/h4-11,13,16H,1,12,14H2,2-3H3. The van der Waals surface area contributed by atoms with E-state index in [4.69, 9.17) is 16.3 Å². The average Bonchev–Trinajstić information content (AvgIpc) is 3.05. The van der Waals surface area contributed by atoms with Gasteiger partial charge in [-0.2, -0.15) is 0 Å². The summed E-state index contributed by atoms with van der Waals surface area (Å²) in [5, 5.41) is 10.3. The largest absolute Gasteiger partial charge is 0.483 e. The second-order valence-corrected chi connectivity index (χ2v) is 7.61. The lowest BCUT2D eigenvalue weighted by molar-refractivity contribution is 0.210. The number of hydrogen-bond acceptors (Lipinski definition) is 4. The lowest BCUT2D eigenvalue weighted by atomic mass is 10.2. The molecule has 0 spiro atoms. The van der Waals surface area contributed by atoms with Gasteiger partial charge >= 0.3 is 0 Å². The molecule has 1 aromatic heterocycles. The van der Waals surface area contributed by atoms with Gasteiger partial charge in [-0.25, -0.2) is 0 Å². The molecule has 0 radical (unpaired) electrons. The highest BCUT2D eigenvalue weighted by molar-refractivity contribution is 7.98. The number of halogens is 1. The zero-order chi connectivity index (χ0) is 19.2. The van der Waals surface area contributed by atoms with Gasteiger partial charge in [-0.05, 0) is 43.7 Å². The third-order valence-electron chi connectivity index (χ3n) is 4.01. The molecule has 0 saturated heterocycles. The summed E-state index contributed by atoms with van der Waals surface area (Å²) in [6.45, 7) is 8.52. The summed E-state index contributed by atoms with van der Waals surface area (Å²) in [7, 11) is 0. The van der Waals surface area contributed by atoms with Crippen LogP contribution in [0.15, 0.2) is 66.3 Å². The third kappa shape index (κ3) is 5.15. The summed E-state index contributed by atoms with van der Waals surface area (Å²) in [6, 6.07) is 15.8. The average molecular weight is 400 g/mol. The SMILES string of the molecule is C=CCn1c(SCc2cccc(Cl)c2)nnc1C(C)Oc1ccc(C)cc1. The third-order valence-corrected chi connectivity index (χ3v) is 5.28. The number of ether oxygens (including phenoxy) is 1. The van der Waals surface area contributed by atoms with Crippen molar-refractivity contribution in [3.05, 3.63) is 83.2 Å². The van der Waals surface area contributed by atoms with Crippen molar-refractivity contribution in [1.29, 1.82) is 0 Å². The lowest BCUT2D eigenvalue weighted by Gasteiger charge is -2.16. The molecule has 3 rings (SSSR count). The highest BCUT2D eigenvalue weighted by Crippen LogP contribution is 2.27. The second-order valence-electron chi connectivity index (χ2n) is 6.23. The molecule has 0 bridgehead atoms. The van der Waals surface area contributed by atoms with Gasteiger partial charge in [0.1, 0.15) is 5.75 Å². The first-order valence-electron chi connectivity index (χ1n) is 8.71. The first-order chi connectivity index (χ1) is 13.1. The van der Waals surface area contributed by atoms with E-state index in [9.17, 15) is 0 Å². The topological polar surface area (TPSA) is 39.9 Å². The van der Waals surface area contributed by atoms with E-state index in [2.05, 4.69) is 29.8 Å². The van der Waals surface area contributed by atoms with Crippen molar-refractivity contribution in [2.45, 2.75) is 37.4 Å². The van der Waals surface area contributed by atoms with Gasteiger partial charge in [0.2, 0.25) is 0 Å². The van der Waals surface area contributed by atoms with Crippen LogP contribution in [0.2, 0.25) is 5.02 Å². The number of benzene rings is 2. The maximum atomic E-state index is 6.07. The van der Waals surface area contributed by atoms with Crippen LogP contribution in [-0.2, 0) is 12.3 Å². The minimum atomic E-state index is -0.222. The van der Waals surface area contributed by atoms with Crippen LogP contribution in [0.25, 0.3) is 0 Å². The molecule has 2 aromatic carbocycles. The molecule has 1 atom stereocenters. The Kier molecular flexibility index (Phi) is 6.58. The minimum absolute atomic E-state index is 0.222. The van der Waals surface area contributed by atoms with E-state index in [1.807, 2.05) is 60.0 Å². The van der Waals surface area contributed by atoms with Crippen molar-refractivity contribution < 1.29 is 4.74 Å². The zero-order valence-corrected chi connectivity index (χ0v) is 17.0. The van der Waals surface area contributed by atoms with Gasteiger partial charge < -0.3 is 4.74 Å². The molecule has 0 aliphatic heterocycles. The molecule has 1 heterocycles. The van der Waals surface area contributed by atoms with E-state index >= 15 is 0 Å². The van der Waals surface area contributed by atoms with Crippen molar-refractivity contribution >= 4 is 23.4 Å². The summed E-state index contributed by atoms with van der Waals surface area (Å²) in [6.07, 6.45) is 1.62. The van der Waals surface area contributed by atoms with Crippen LogP contribution in [0, 0.1) is 6.92 Å². The van der Waals surface area contributed by atoms with E-state index in [-0.39, 0.29) is 6.10 Å². The Morgan fingerprint density at radius 3 is 2.70 bits per heavy atom. The maximum absolute atomic E-state index is 6.07. The van der Waals surface area contributed by atoms with Crippen molar-refractivity contribution in [3.8, 4) is 5.75 Å². The number of aryl methyl sites for hydroxylation is 1. The molecule has 140 valence electrons. The lowest BCUT2D eigenvalue weighted by Crippen LogP contribution is -2.12. The highest BCUT2D eigenvalue weighted by Gasteiger charge is 2.19. The summed E-state index contributed by atoms with van der Waals surface area (Å²) < 4.78 is 8.09. The predicted octanol–water partition coefficient (Wildman–Crippen LogP) is 5.86. The van der Waals surface area contributed by atoms with Crippen molar-refractivity contribution in [2.75, 3.05) is 0 Å². The Morgan fingerprint density at radius 1 is 1.22 bits per heavy atom. The monoisotopic (exact) mass is 399 g/mol. The molecule has 0 aliphatic carbocycles. The highest BCUT2D eigenvalue weighted by atomic mass is 35.5. The number of thioether (sulfide) groups is 1. The van der Waals surface area contributed by atoms with Crippen LogP contribution in [0.1, 0.15) is 30.0 Å². The normalized spacial score (nSPS) is 12.0. The second kappa shape index (κ2) is 9.11. The van der Waals surface area contributed by atoms with Crippen LogP contribution in [-0.4, -0.2) is 14.8 Å². The first-order valence-corrected chi connectivity index (χ1v) is 10.1. The Morgan fingerprint density at radius 2 is 2.00 bits per heavy atom. The van der Waals surface area contributed by atoms with Crippen molar-refractivity contribution in [2.24, 2.45) is 0 Å². The van der Waals surface area contributed by atoms with Crippen LogP contribution in [0.5, 0.6) is 5.75 Å². The molecule has 0 aliphatic rings. The van der Waals surface area contributed by atoms with Gasteiger partial charge in [0.15, 0.2) is 17.1 Å². The summed E-state index contributed by atoms with van der Waals surface area (Å²) in [4.78, 5) is 0. The molecule has 4 nitrogen and oxygen atoms in total. The number of hydrogen-bond donors (Lipinski definition) is 0. The van der Waals surface area contributed by atoms with Gasteiger partial charge in [0.25, 0.3) is 0 Å². The molecule has 0 saturated carbocycles. The Bertz CT molecular complexity index is 908. The number of rotatable bonds is 8. The van der Waals surface area contributed by atoms with Gasteiger partial charge in [-0.15, -0.1) is 16.8 Å². The maximum Gasteiger partial charge on any atom is 0.191 e. The molecule has 6 heteroatoms. The van der Waals surface area contributed by atoms with Gasteiger partial charge in [-0.3, -0.25) is 4.57 Å². The van der Waals surface area contributed by atoms with Crippen LogP contribution >= 0.6 is 23.4 Å². The van der Waals surface area contributed by atoms with Gasteiger partial charge in [0, 0.05) is 17.3 Å². The number of nitrogens with zero attached hydrogens (tertiary/aromatic N) is 3. The Hall–Kier alpha value is -2.24. The van der Waals surface area contributed by atoms with Crippen LogP contribution < -0.4 is 4.74 Å². The molecular formula is C21H22ClN3OS. The molecule has 0 fully saturated rings. The molecular weight excluding hydrogens is 378 g/mol. The van der Waals surface area contributed by atoms with E-state index in [1.54, 1.807) is 11.8 Å². The summed E-state index contributed by atoms with van der Waals surface area (Å²) in [5.41, 5.74) is 2.34. The first kappa shape index (κ1) is 19.5. The number of aromatic nitrogens is 3. The van der Waals surface area contributed by atoms with Crippen LogP contribution in [0.3, 0.4) is 0 Å². The molecule has 27 heavy (non-hydrogen) atoms.